The Kier molecular flexibility index (Phi) is 6.12. The lowest BCUT2D eigenvalue weighted by molar-refractivity contribution is 0.102. The van der Waals surface area contributed by atoms with E-state index < -0.39 is 5.91 Å². The van der Waals surface area contributed by atoms with E-state index in [0.29, 0.717) is 27.5 Å². The summed E-state index contributed by atoms with van der Waals surface area (Å²) in [5, 5.41) is 7.98. The molecule has 0 fully saturated rings. The first kappa shape index (κ1) is 21.8. The van der Waals surface area contributed by atoms with Gasteiger partial charge >= 0.3 is 0 Å². The van der Waals surface area contributed by atoms with Crippen molar-refractivity contribution in [3.8, 4) is 16.8 Å². The van der Waals surface area contributed by atoms with E-state index in [9.17, 15) is 9.59 Å². The van der Waals surface area contributed by atoms with Gasteiger partial charge in [-0.1, -0.05) is 71.2 Å². The van der Waals surface area contributed by atoms with Crippen LogP contribution in [0.4, 0.5) is 5.82 Å². The van der Waals surface area contributed by atoms with E-state index in [1.807, 2.05) is 61.5 Å². The largest absolute Gasteiger partial charge is 0.306 e. The average molecular weight is 464 g/mol. The second-order valence-corrected chi connectivity index (χ2v) is 8.17. The highest BCUT2D eigenvalue weighted by atomic mass is 35.5. The summed E-state index contributed by atoms with van der Waals surface area (Å²) in [6, 6.07) is 21.4. The number of hydrogen-bond donors (Lipinski definition) is 1. The maximum absolute atomic E-state index is 13.2. The van der Waals surface area contributed by atoms with Gasteiger partial charge in [-0.25, -0.2) is 4.68 Å². The van der Waals surface area contributed by atoms with E-state index >= 15 is 0 Å². The van der Waals surface area contributed by atoms with E-state index in [2.05, 4.69) is 10.4 Å². The predicted octanol–water partition coefficient (Wildman–Crippen LogP) is 6.08. The summed E-state index contributed by atoms with van der Waals surface area (Å²) in [5.41, 5.74) is 3.07. The van der Waals surface area contributed by atoms with Crippen LogP contribution >= 0.6 is 23.2 Å². The summed E-state index contributed by atoms with van der Waals surface area (Å²) < 4.78 is 1.57. The number of amides is 1. The molecule has 1 aromatic heterocycles. The number of aromatic nitrogens is 2. The Morgan fingerprint density at radius 3 is 2.28 bits per heavy atom. The molecule has 0 radical (unpaired) electrons. The fourth-order valence-corrected chi connectivity index (χ4v) is 3.84. The van der Waals surface area contributed by atoms with Gasteiger partial charge in [0.1, 0.15) is 11.5 Å². The number of nitrogens with one attached hydrogen (secondary N) is 1. The highest BCUT2D eigenvalue weighted by molar-refractivity contribution is 6.37. The van der Waals surface area contributed by atoms with Crippen molar-refractivity contribution in [3.63, 3.8) is 0 Å². The zero-order valence-corrected chi connectivity index (χ0v) is 18.9. The minimum Gasteiger partial charge on any atom is -0.306 e. The van der Waals surface area contributed by atoms with Gasteiger partial charge in [-0.3, -0.25) is 9.59 Å². The molecule has 0 saturated heterocycles. The van der Waals surface area contributed by atoms with E-state index in [1.165, 1.54) is 12.1 Å². The first-order valence-corrected chi connectivity index (χ1v) is 10.6. The number of benzene rings is 3. The standard InChI is InChI=1S/C25H19Cl2N3O2/c1-15-8-11-19(12-9-15)30-24(28-25(32)20-13-10-18(26)14-21(20)27)22(23(31)16(2)29-30)17-6-4-3-5-7-17/h3-14H,1-2H3,(H,28,32). The number of carbonyl (C=O) groups excluding carboxylic acids is 1. The molecule has 1 amide bonds. The zero-order chi connectivity index (χ0) is 22.8. The van der Waals surface area contributed by atoms with Crippen molar-refractivity contribution in [1.29, 1.82) is 0 Å². The van der Waals surface area contributed by atoms with Crippen LogP contribution in [-0.4, -0.2) is 15.7 Å². The molecule has 0 bridgehead atoms. The minimum atomic E-state index is -0.477. The number of anilines is 1. The number of carbonyl (C=O) groups is 1. The molecule has 0 atom stereocenters. The molecule has 7 heteroatoms. The van der Waals surface area contributed by atoms with Crippen molar-refractivity contribution < 1.29 is 4.79 Å². The molecule has 0 aliphatic heterocycles. The summed E-state index contributed by atoms with van der Waals surface area (Å²) in [7, 11) is 0. The monoisotopic (exact) mass is 463 g/mol. The normalized spacial score (nSPS) is 10.8. The molecule has 0 spiro atoms. The molecule has 3 aromatic carbocycles. The van der Waals surface area contributed by atoms with Crippen molar-refractivity contribution in [2.24, 2.45) is 0 Å². The van der Waals surface area contributed by atoms with Gasteiger partial charge in [-0.05, 0) is 49.7 Å². The summed E-state index contributed by atoms with van der Waals surface area (Å²) in [4.78, 5) is 26.4. The fraction of sp³-hybridized carbons (Fsp3) is 0.0800. The lowest BCUT2D eigenvalue weighted by Gasteiger charge is -2.19. The molecule has 0 aliphatic rings. The highest BCUT2D eigenvalue weighted by Crippen LogP contribution is 2.29. The number of nitrogens with zero attached hydrogens (tertiary/aromatic N) is 2. The molecule has 4 rings (SSSR count). The van der Waals surface area contributed by atoms with Gasteiger partial charge in [-0.2, -0.15) is 5.10 Å². The SMILES string of the molecule is Cc1ccc(-n2nc(C)c(=O)c(-c3ccccc3)c2NC(=O)c2ccc(Cl)cc2Cl)cc1. The Morgan fingerprint density at radius 2 is 1.62 bits per heavy atom. The van der Waals surface area contributed by atoms with Crippen LogP contribution in [0, 0.1) is 13.8 Å². The maximum atomic E-state index is 13.2. The smallest absolute Gasteiger partial charge is 0.258 e. The van der Waals surface area contributed by atoms with Crippen molar-refractivity contribution in [3.05, 3.63) is 110 Å². The molecule has 5 nitrogen and oxygen atoms in total. The third-order valence-electron chi connectivity index (χ3n) is 5.00. The third-order valence-corrected chi connectivity index (χ3v) is 5.55. The second-order valence-electron chi connectivity index (χ2n) is 7.33. The average Bonchev–Trinajstić information content (AvgIpc) is 2.77. The van der Waals surface area contributed by atoms with Crippen molar-refractivity contribution >= 4 is 34.9 Å². The fourth-order valence-electron chi connectivity index (χ4n) is 3.35. The van der Waals surface area contributed by atoms with E-state index in [4.69, 9.17) is 23.2 Å². The summed E-state index contributed by atoms with van der Waals surface area (Å²) in [6.07, 6.45) is 0. The van der Waals surface area contributed by atoms with Crippen LogP contribution in [-0.2, 0) is 0 Å². The zero-order valence-electron chi connectivity index (χ0n) is 17.4. The first-order valence-electron chi connectivity index (χ1n) is 9.88. The molecule has 32 heavy (non-hydrogen) atoms. The van der Waals surface area contributed by atoms with Crippen LogP contribution in [0.2, 0.25) is 10.0 Å². The third kappa shape index (κ3) is 4.31. The van der Waals surface area contributed by atoms with Crippen LogP contribution in [0.25, 0.3) is 16.8 Å². The van der Waals surface area contributed by atoms with E-state index in [-0.39, 0.29) is 21.8 Å². The number of aryl methyl sites for hydroxylation is 2. The van der Waals surface area contributed by atoms with Crippen molar-refractivity contribution in [2.75, 3.05) is 5.32 Å². The van der Waals surface area contributed by atoms with Gasteiger partial charge < -0.3 is 5.32 Å². The lowest BCUT2D eigenvalue weighted by atomic mass is 10.0. The Hall–Kier alpha value is -3.41. The minimum absolute atomic E-state index is 0.209. The molecular formula is C25H19Cl2N3O2. The first-order chi connectivity index (χ1) is 15.3. The number of halogens is 2. The Labute approximate surface area is 195 Å². The van der Waals surface area contributed by atoms with Crippen LogP contribution in [0.3, 0.4) is 0 Å². The topological polar surface area (TPSA) is 64.0 Å². The summed E-state index contributed by atoms with van der Waals surface area (Å²) >= 11 is 12.2. The van der Waals surface area contributed by atoms with Gasteiger partial charge in [0.15, 0.2) is 0 Å². The number of hydrogen-bond acceptors (Lipinski definition) is 3. The molecule has 160 valence electrons. The number of rotatable bonds is 4. The molecule has 0 unspecified atom stereocenters. The van der Waals surface area contributed by atoms with Gasteiger partial charge in [0, 0.05) is 5.02 Å². The van der Waals surface area contributed by atoms with Crippen LogP contribution in [0.5, 0.6) is 0 Å². The van der Waals surface area contributed by atoms with Gasteiger partial charge in [0.25, 0.3) is 5.91 Å². The molecule has 0 aliphatic carbocycles. The second kappa shape index (κ2) is 8.99. The molecule has 1 N–H and O–H groups in total. The quantitative estimate of drug-likeness (QED) is 0.399. The van der Waals surface area contributed by atoms with Crippen molar-refractivity contribution in [2.45, 2.75) is 13.8 Å². The highest BCUT2D eigenvalue weighted by Gasteiger charge is 2.21. The van der Waals surface area contributed by atoms with Gasteiger partial charge in [-0.15, -0.1) is 0 Å². The van der Waals surface area contributed by atoms with Gasteiger partial charge in [0.05, 0.1) is 21.8 Å². The Balaban J connectivity index is 1.95. The molecule has 1 heterocycles. The van der Waals surface area contributed by atoms with E-state index in [1.54, 1.807) is 17.7 Å². The lowest BCUT2D eigenvalue weighted by Crippen LogP contribution is -2.25. The summed E-state index contributed by atoms with van der Waals surface area (Å²) in [5.74, 6) is -0.221. The van der Waals surface area contributed by atoms with Gasteiger partial charge in [0.2, 0.25) is 5.43 Å². The molecule has 4 aromatic rings. The van der Waals surface area contributed by atoms with Crippen LogP contribution in [0.1, 0.15) is 21.6 Å². The molecule has 0 saturated carbocycles. The Morgan fingerprint density at radius 1 is 0.938 bits per heavy atom. The van der Waals surface area contributed by atoms with Crippen LogP contribution < -0.4 is 10.7 Å². The maximum Gasteiger partial charge on any atom is 0.258 e. The molecular weight excluding hydrogens is 445 g/mol. The summed E-state index contributed by atoms with van der Waals surface area (Å²) in [6.45, 7) is 3.63. The predicted molar refractivity (Wildman–Crippen MR) is 129 cm³/mol. The van der Waals surface area contributed by atoms with Crippen molar-refractivity contribution in [1.82, 2.24) is 9.78 Å². The van der Waals surface area contributed by atoms with E-state index in [0.717, 1.165) is 5.56 Å². The van der Waals surface area contributed by atoms with Crippen LogP contribution in [0.15, 0.2) is 77.6 Å². The Bertz CT molecular complexity index is 1360.